The molecule has 0 amide bonds. The molecule has 16 heavy (non-hydrogen) atoms. The second-order valence-electron chi connectivity index (χ2n) is 3.82. The highest BCUT2D eigenvalue weighted by molar-refractivity contribution is 5.80. The van der Waals surface area contributed by atoms with Gasteiger partial charge in [0, 0.05) is 12.5 Å². The van der Waals surface area contributed by atoms with E-state index in [9.17, 15) is 13.2 Å². The third kappa shape index (κ3) is 3.97. The predicted molar refractivity (Wildman–Crippen MR) is 51.2 cm³/mol. The van der Waals surface area contributed by atoms with Crippen LogP contribution in [0.4, 0.5) is 13.2 Å². The summed E-state index contributed by atoms with van der Waals surface area (Å²) in [7, 11) is 0. The molecule has 0 spiro atoms. The standard InChI is InChI=1S/C9H15F3N2O2/c10-9(11,12)7(8(13)14)5-16-4-6-1-2-15-3-6/h6-7H,1-5H2,(H3,13,14). The summed E-state index contributed by atoms with van der Waals surface area (Å²) in [6.45, 7) is 0.787. The lowest BCUT2D eigenvalue weighted by molar-refractivity contribution is -0.169. The van der Waals surface area contributed by atoms with E-state index in [1.165, 1.54) is 0 Å². The SMILES string of the molecule is N=C(N)C(COCC1CCOC1)C(F)(F)F. The number of amidine groups is 1. The monoisotopic (exact) mass is 240 g/mol. The van der Waals surface area contributed by atoms with Crippen LogP contribution < -0.4 is 5.73 Å². The first kappa shape index (κ1) is 13.2. The Morgan fingerprint density at radius 3 is 2.69 bits per heavy atom. The molecule has 1 aliphatic heterocycles. The second kappa shape index (κ2) is 5.49. The largest absolute Gasteiger partial charge is 0.400 e. The van der Waals surface area contributed by atoms with E-state index in [1.54, 1.807) is 0 Å². The molecule has 0 aromatic heterocycles. The summed E-state index contributed by atoms with van der Waals surface area (Å²) in [5.41, 5.74) is 4.88. The number of ether oxygens (including phenoxy) is 2. The number of halogens is 3. The summed E-state index contributed by atoms with van der Waals surface area (Å²) in [5, 5.41) is 6.85. The topological polar surface area (TPSA) is 68.3 Å². The van der Waals surface area contributed by atoms with Crippen molar-refractivity contribution in [2.45, 2.75) is 12.6 Å². The Labute approximate surface area is 91.4 Å². The van der Waals surface area contributed by atoms with Crippen LogP contribution in [0.25, 0.3) is 0 Å². The Bertz CT molecular complexity index is 239. The van der Waals surface area contributed by atoms with Gasteiger partial charge in [-0.15, -0.1) is 0 Å². The first-order valence-corrected chi connectivity index (χ1v) is 4.97. The smallest absolute Gasteiger partial charge is 0.387 e. The minimum Gasteiger partial charge on any atom is -0.387 e. The average Bonchev–Trinajstić information content (AvgIpc) is 2.61. The van der Waals surface area contributed by atoms with Crippen LogP contribution in [0, 0.1) is 17.2 Å². The average molecular weight is 240 g/mol. The van der Waals surface area contributed by atoms with Gasteiger partial charge in [-0.2, -0.15) is 13.2 Å². The lowest BCUT2D eigenvalue weighted by atomic mass is 10.1. The van der Waals surface area contributed by atoms with Gasteiger partial charge >= 0.3 is 6.18 Å². The van der Waals surface area contributed by atoms with E-state index in [0.29, 0.717) is 13.2 Å². The molecule has 0 saturated carbocycles. The highest BCUT2D eigenvalue weighted by Crippen LogP contribution is 2.26. The van der Waals surface area contributed by atoms with Crippen molar-refractivity contribution in [2.24, 2.45) is 17.6 Å². The van der Waals surface area contributed by atoms with Crippen molar-refractivity contribution in [3.8, 4) is 0 Å². The molecule has 1 aliphatic rings. The molecule has 4 nitrogen and oxygen atoms in total. The van der Waals surface area contributed by atoms with Gasteiger partial charge in [0.1, 0.15) is 11.8 Å². The van der Waals surface area contributed by atoms with Gasteiger partial charge in [0.2, 0.25) is 0 Å². The minimum absolute atomic E-state index is 0.154. The Balaban J connectivity index is 2.30. The Morgan fingerprint density at radius 2 is 2.25 bits per heavy atom. The molecule has 7 heteroatoms. The first-order valence-electron chi connectivity index (χ1n) is 4.97. The normalized spacial score (nSPS) is 23.3. The number of hydrogen-bond acceptors (Lipinski definition) is 3. The van der Waals surface area contributed by atoms with Crippen LogP contribution in [0.3, 0.4) is 0 Å². The third-order valence-corrected chi connectivity index (χ3v) is 2.43. The third-order valence-electron chi connectivity index (χ3n) is 2.43. The van der Waals surface area contributed by atoms with Crippen LogP contribution in [0.1, 0.15) is 6.42 Å². The number of nitrogens with two attached hydrogens (primary N) is 1. The van der Waals surface area contributed by atoms with Gasteiger partial charge < -0.3 is 15.2 Å². The highest BCUT2D eigenvalue weighted by atomic mass is 19.4. The van der Waals surface area contributed by atoms with Crippen LogP contribution in [0.15, 0.2) is 0 Å². The zero-order valence-corrected chi connectivity index (χ0v) is 8.72. The van der Waals surface area contributed by atoms with Gasteiger partial charge in [-0.05, 0) is 6.42 Å². The van der Waals surface area contributed by atoms with Gasteiger partial charge in [0.15, 0.2) is 0 Å². The van der Waals surface area contributed by atoms with Gasteiger partial charge in [-0.3, -0.25) is 5.41 Å². The molecule has 0 radical (unpaired) electrons. The van der Waals surface area contributed by atoms with Gasteiger partial charge in [-0.25, -0.2) is 0 Å². The van der Waals surface area contributed by atoms with Crippen LogP contribution in [-0.2, 0) is 9.47 Å². The molecule has 94 valence electrons. The summed E-state index contributed by atoms with van der Waals surface area (Å²) in [6.07, 6.45) is -3.71. The summed E-state index contributed by atoms with van der Waals surface area (Å²) in [6, 6.07) is 0. The molecule has 1 fully saturated rings. The van der Waals surface area contributed by atoms with E-state index < -0.39 is 24.5 Å². The fourth-order valence-electron chi connectivity index (χ4n) is 1.43. The van der Waals surface area contributed by atoms with E-state index in [0.717, 1.165) is 6.42 Å². The molecule has 3 N–H and O–H groups in total. The summed E-state index contributed by atoms with van der Waals surface area (Å²) < 4.78 is 47.0. The maximum Gasteiger partial charge on any atom is 0.400 e. The molecule has 0 aromatic rings. The molecular weight excluding hydrogens is 225 g/mol. The number of hydrogen-bond donors (Lipinski definition) is 2. The highest BCUT2D eigenvalue weighted by Gasteiger charge is 2.42. The maximum absolute atomic E-state index is 12.3. The number of alkyl halides is 3. The number of nitrogens with one attached hydrogen (secondary N) is 1. The molecule has 1 heterocycles. The van der Waals surface area contributed by atoms with Crippen molar-refractivity contribution in [3.05, 3.63) is 0 Å². The molecule has 1 saturated heterocycles. The molecule has 0 aliphatic carbocycles. The van der Waals surface area contributed by atoms with Crippen molar-refractivity contribution < 1.29 is 22.6 Å². The molecule has 0 aromatic carbocycles. The van der Waals surface area contributed by atoms with Crippen molar-refractivity contribution in [1.82, 2.24) is 0 Å². The summed E-state index contributed by atoms with van der Waals surface area (Å²) in [5.74, 6) is -2.76. The maximum atomic E-state index is 12.3. The van der Waals surface area contributed by atoms with Crippen molar-refractivity contribution >= 4 is 5.84 Å². The molecule has 2 unspecified atom stereocenters. The van der Waals surface area contributed by atoms with Crippen LogP contribution >= 0.6 is 0 Å². The Morgan fingerprint density at radius 1 is 1.56 bits per heavy atom. The van der Waals surface area contributed by atoms with E-state index in [2.05, 4.69) is 0 Å². The van der Waals surface area contributed by atoms with Crippen LogP contribution in [0.5, 0.6) is 0 Å². The van der Waals surface area contributed by atoms with Gasteiger partial charge in [-0.1, -0.05) is 0 Å². The van der Waals surface area contributed by atoms with Gasteiger partial charge in [0.25, 0.3) is 0 Å². The van der Waals surface area contributed by atoms with E-state index in [4.69, 9.17) is 20.6 Å². The Kier molecular flexibility index (Phi) is 4.55. The quantitative estimate of drug-likeness (QED) is 0.559. The predicted octanol–water partition coefficient (Wildman–Crippen LogP) is 1.15. The fourth-order valence-corrected chi connectivity index (χ4v) is 1.43. The van der Waals surface area contributed by atoms with Crippen molar-refractivity contribution in [3.63, 3.8) is 0 Å². The van der Waals surface area contributed by atoms with Gasteiger partial charge in [0.05, 0.1) is 19.8 Å². The van der Waals surface area contributed by atoms with E-state index in [1.807, 2.05) is 0 Å². The molecular formula is C9H15F3N2O2. The summed E-state index contributed by atoms with van der Waals surface area (Å²) in [4.78, 5) is 0. The molecule has 1 rings (SSSR count). The minimum atomic E-state index is -4.52. The zero-order valence-electron chi connectivity index (χ0n) is 8.72. The lowest BCUT2D eigenvalue weighted by Crippen LogP contribution is -2.39. The van der Waals surface area contributed by atoms with Crippen molar-refractivity contribution in [1.29, 1.82) is 5.41 Å². The summed E-state index contributed by atoms with van der Waals surface area (Å²) >= 11 is 0. The lowest BCUT2D eigenvalue weighted by Gasteiger charge is -2.19. The van der Waals surface area contributed by atoms with E-state index >= 15 is 0 Å². The van der Waals surface area contributed by atoms with Crippen molar-refractivity contribution in [2.75, 3.05) is 26.4 Å². The molecule has 0 bridgehead atoms. The number of rotatable bonds is 5. The first-order chi connectivity index (χ1) is 7.41. The second-order valence-corrected chi connectivity index (χ2v) is 3.82. The van der Waals surface area contributed by atoms with Crippen LogP contribution in [0.2, 0.25) is 0 Å². The Hall–Kier alpha value is -0.820. The van der Waals surface area contributed by atoms with Crippen LogP contribution in [-0.4, -0.2) is 38.4 Å². The zero-order chi connectivity index (χ0) is 12.2. The fraction of sp³-hybridized carbons (Fsp3) is 0.889. The molecule has 2 atom stereocenters. The van der Waals surface area contributed by atoms with E-state index in [-0.39, 0.29) is 12.5 Å².